The highest BCUT2D eigenvalue weighted by Crippen LogP contribution is 2.28. The molecular formula is C27H29F3N4OS. The van der Waals surface area contributed by atoms with E-state index in [-0.39, 0.29) is 5.75 Å². The third-order valence-corrected chi connectivity index (χ3v) is 6.96. The van der Waals surface area contributed by atoms with E-state index in [9.17, 15) is 13.2 Å². The van der Waals surface area contributed by atoms with Crippen LogP contribution in [-0.4, -0.2) is 41.3 Å². The highest BCUT2D eigenvalue weighted by molar-refractivity contribution is 7.12. The average Bonchev–Trinajstić information content (AvgIpc) is 3.48. The molecule has 5 nitrogen and oxygen atoms in total. The Morgan fingerprint density at radius 3 is 2.44 bits per heavy atom. The van der Waals surface area contributed by atoms with Crippen molar-refractivity contribution >= 4 is 33.8 Å². The summed E-state index contributed by atoms with van der Waals surface area (Å²) in [5.74, 6) is 0.255. The molecule has 0 spiro atoms. The van der Waals surface area contributed by atoms with Gasteiger partial charge in [-0.3, -0.25) is 0 Å². The largest absolute Gasteiger partial charge is 0.573 e. The van der Waals surface area contributed by atoms with E-state index in [1.165, 1.54) is 12.1 Å². The highest BCUT2D eigenvalue weighted by atomic mass is 32.1. The van der Waals surface area contributed by atoms with Crippen molar-refractivity contribution in [2.75, 3.05) is 19.6 Å². The van der Waals surface area contributed by atoms with Gasteiger partial charge in [0, 0.05) is 36.1 Å². The summed E-state index contributed by atoms with van der Waals surface area (Å²) in [5.41, 5.74) is 10.0. The van der Waals surface area contributed by atoms with Gasteiger partial charge in [0.25, 0.3) is 0 Å². The first kappa shape index (κ1) is 25.8. The second kappa shape index (κ2) is 11.2. The SMILES string of the molecule is CCN(CC)CCn1c(Cc2ccc(OC(F)(F)F)cc2)cc2cc(N=C(N)c3cccs3)ccc21. The van der Waals surface area contributed by atoms with Gasteiger partial charge >= 0.3 is 6.36 Å². The molecule has 0 aliphatic rings. The van der Waals surface area contributed by atoms with Crippen LogP contribution < -0.4 is 10.5 Å². The van der Waals surface area contributed by atoms with Crippen molar-refractivity contribution in [3.05, 3.63) is 82.2 Å². The summed E-state index contributed by atoms with van der Waals surface area (Å²) in [6, 6.07) is 18.1. The fraction of sp³-hybridized carbons (Fsp3) is 0.296. The first-order valence-corrected chi connectivity index (χ1v) is 12.7. The maximum atomic E-state index is 12.5. The van der Waals surface area contributed by atoms with Gasteiger partial charge < -0.3 is 19.9 Å². The van der Waals surface area contributed by atoms with E-state index in [2.05, 4.69) is 45.2 Å². The van der Waals surface area contributed by atoms with Crippen molar-refractivity contribution in [1.82, 2.24) is 9.47 Å². The van der Waals surface area contributed by atoms with Crippen LogP contribution in [0.4, 0.5) is 18.9 Å². The number of hydrogen-bond acceptors (Lipinski definition) is 4. The first-order chi connectivity index (χ1) is 17.3. The number of aliphatic imine (C=N–C) groups is 1. The zero-order chi connectivity index (χ0) is 25.7. The Morgan fingerprint density at radius 1 is 1.06 bits per heavy atom. The zero-order valence-electron chi connectivity index (χ0n) is 20.3. The van der Waals surface area contributed by atoms with Gasteiger partial charge in [-0.05, 0) is 66.5 Å². The number of benzene rings is 2. The second-order valence-corrected chi connectivity index (χ2v) is 9.35. The van der Waals surface area contributed by atoms with E-state index in [0.29, 0.717) is 12.3 Å². The van der Waals surface area contributed by atoms with Crippen LogP contribution in [0.2, 0.25) is 0 Å². The lowest BCUT2D eigenvalue weighted by Crippen LogP contribution is -2.27. The van der Waals surface area contributed by atoms with Gasteiger partial charge in [0.1, 0.15) is 11.6 Å². The molecule has 0 radical (unpaired) electrons. The molecule has 0 amide bonds. The number of ether oxygens (including phenoxy) is 1. The lowest BCUT2D eigenvalue weighted by Gasteiger charge is -2.20. The minimum Gasteiger partial charge on any atom is -0.406 e. The molecular weight excluding hydrogens is 485 g/mol. The van der Waals surface area contributed by atoms with Crippen LogP contribution in [0.15, 0.2) is 71.0 Å². The van der Waals surface area contributed by atoms with Gasteiger partial charge in [0.05, 0.1) is 10.6 Å². The number of amidine groups is 1. The summed E-state index contributed by atoms with van der Waals surface area (Å²) in [7, 11) is 0. The molecule has 190 valence electrons. The molecule has 0 atom stereocenters. The van der Waals surface area contributed by atoms with Crippen molar-refractivity contribution in [3.8, 4) is 5.75 Å². The molecule has 2 aromatic heterocycles. The molecule has 9 heteroatoms. The summed E-state index contributed by atoms with van der Waals surface area (Å²) in [6.45, 7) is 7.91. The molecule has 0 bridgehead atoms. The Bertz CT molecular complexity index is 1310. The van der Waals surface area contributed by atoms with E-state index in [1.54, 1.807) is 23.5 Å². The van der Waals surface area contributed by atoms with Crippen LogP contribution in [0.3, 0.4) is 0 Å². The maximum absolute atomic E-state index is 12.5. The van der Waals surface area contributed by atoms with Crippen LogP contribution in [0.1, 0.15) is 30.0 Å². The Labute approximate surface area is 212 Å². The number of aromatic nitrogens is 1. The number of rotatable bonds is 10. The highest BCUT2D eigenvalue weighted by Gasteiger charge is 2.31. The van der Waals surface area contributed by atoms with Crippen LogP contribution in [0.5, 0.6) is 5.75 Å². The third kappa shape index (κ3) is 6.47. The standard InChI is InChI=1S/C27H29F3N4OS/c1-3-33(4-2)13-14-34-22(16-19-7-10-23(11-8-19)35-27(28,29)30)18-20-17-21(9-12-24(20)34)32-26(31)25-6-5-15-36-25/h5-12,15,17-18H,3-4,13-14,16H2,1-2H3,(H2,31,32). The topological polar surface area (TPSA) is 55.8 Å². The monoisotopic (exact) mass is 514 g/mol. The number of thiophene rings is 1. The van der Waals surface area contributed by atoms with Gasteiger partial charge in [-0.25, -0.2) is 4.99 Å². The van der Waals surface area contributed by atoms with Gasteiger partial charge in [0.15, 0.2) is 0 Å². The zero-order valence-corrected chi connectivity index (χ0v) is 21.1. The molecule has 2 heterocycles. The first-order valence-electron chi connectivity index (χ1n) is 11.8. The molecule has 0 fully saturated rings. The summed E-state index contributed by atoms with van der Waals surface area (Å²) in [6.07, 6.45) is -4.12. The molecule has 4 rings (SSSR count). The van der Waals surface area contributed by atoms with Crippen LogP contribution in [-0.2, 0) is 13.0 Å². The maximum Gasteiger partial charge on any atom is 0.573 e. The number of nitrogens with two attached hydrogens (primary N) is 1. The Morgan fingerprint density at radius 2 is 1.81 bits per heavy atom. The van der Waals surface area contributed by atoms with E-state index < -0.39 is 6.36 Å². The minimum absolute atomic E-state index is 0.223. The quantitative estimate of drug-likeness (QED) is 0.192. The summed E-state index contributed by atoms with van der Waals surface area (Å²) in [4.78, 5) is 7.88. The van der Waals surface area contributed by atoms with Crippen molar-refractivity contribution in [3.63, 3.8) is 0 Å². The molecule has 0 saturated heterocycles. The van der Waals surface area contributed by atoms with Gasteiger partial charge in [0.2, 0.25) is 0 Å². The molecule has 0 saturated carbocycles. The summed E-state index contributed by atoms with van der Waals surface area (Å²) in [5, 5.41) is 3.01. The predicted octanol–water partition coefficient (Wildman–Crippen LogP) is 6.57. The summed E-state index contributed by atoms with van der Waals surface area (Å²) >= 11 is 1.54. The molecule has 0 unspecified atom stereocenters. The number of alkyl halides is 3. The van der Waals surface area contributed by atoms with E-state index >= 15 is 0 Å². The van der Waals surface area contributed by atoms with Gasteiger partial charge in [-0.2, -0.15) is 0 Å². The summed E-state index contributed by atoms with van der Waals surface area (Å²) < 4.78 is 43.8. The van der Waals surface area contributed by atoms with E-state index in [4.69, 9.17) is 5.73 Å². The fourth-order valence-electron chi connectivity index (χ4n) is 4.21. The van der Waals surface area contributed by atoms with Crippen molar-refractivity contribution in [1.29, 1.82) is 0 Å². The molecule has 4 aromatic rings. The van der Waals surface area contributed by atoms with Crippen LogP contribution >= 0.6 is 11.3 Å². The van der Waals surface area contributed by atoms with E-state index in [1.807, 2.05) is 29.6 Å². The van der Waals surface area contributed by atoms with Crippen molar-refractivity contribution in [2.24, 2.45) is 10.7 Å². The third-order valence-electron chi connectivity index (χ3n) is 6.07. The Hall–Kier alpha value is -3.30. The minimum atomic E-state index is -4.70. The van der Waals surface area contributed by atoms with Crippen LogP contribution in [0, 0.1) is 0 Å². The predicted molar refractivity (Wildman–Crippen MR) is 140 cm³/mol. The molecule has 2 N–H and O–H groups in total. The number of nitrogens with zero attached hydrogens (tertiary/aromatic N) is 3. The number of likely N-dealkylation sites (N-methyl/N-ethyl adjacent to an activating group) is 1. The Kier molecular flexibility index (Phi) is 8.01. The lowest BCUT2D eigenvalue weighted by atomic mass is 10.1. The number of fused-ring (bicyclic) bond motifs is 1. The van der Waals surface area contributed by atoms with Crippen LogP contribution in [0.25, 0.3) is 10.9 Å². The van der Waals surface area contributed by atoms with Crippen molar-refractivity contribution < 1.29 is 17.9 Å². The van der Waals surface area contributed by atoms with E-state index in [0.717, 1.165) is 58.9 Å². The van der Waals surface area contributed by atoms with Gasteiger partial charge in [-0.1, -0.05) is 32.0 Å². The second-order valence-electron chi connectivity index (χ2n) is 8.40. The molecule has 0 aliphatic carbocycles. The Balaban J connectivity index is 1.64. The fourth-order valence-corrected chi connectivity index (χ4v) is 4.84. The van der Waals surface area contributed by atoms with Gasteiger partial charge in [-0.15, -0.1) is 24.5 Å². The molecule has 2 aromatic carbocycles. The smallest absolute Gasteiger partial charge is 0.406 e. The van der Waals surface area contributed by atoms with Crippen molar-refractivity contribution in [2.45, 2.75) is 33.2 Å². The number of hydrogen-bond donors (Lipinski definition) is 1. The average molecular weight is 515 g/mol. The molecule has 0 aliphatic heterocycles. The molecule has 36 heavy (non-hydrogen) atoms. The normalized spacial score (nSPS) is 12.6. The number of halogens is 3. The lowest BCUT2D eigenvalue weighted by molar-refractivity contribution is -0.274.